The molecule has 1 amide bonds. The first-order valence-electron chi connectivity index (χ1n) is 9.60. The molecule has 0 radical (unpaired) electrons. The summed E-state index contributed by atoms with van der Waals surface area (Å²) in [5, 5.41) is 2.85. The molecular formula is C22H30N2O3S. The maximum atomic E-state index is 12.6. The summed E-state index contributed by atoms with van der Waals surface area (Å²) in [6.45, 7) is 9.75. The highest BCUT2D eigenvalue weighted by Gasteiger charge is 2.17. The van der Waals surface area contributed by atoms with Crippen LogP contribution in [0.4, 0.5) is 5.69 Å². The third-order valence-electron chi connectivity index (χ3n) is 4.34. The molecule has 6 heteroatoms. The Kier molecular flexibility index (Phi) is 7.38. The van der Waals surface area contributed by atoms with E-state index in [0.29, 0.717) is 11.6 Å². The first-order chi connectivity index (χ1) is 13.1. The van der Waals surface area contributed by atoms with Crippen molar-refractivity contribution >= 4 is 21.6 Å². The average Bonchev–Trinajstić information content (AvgIpc) is 2.60. The highest BCUT2D eigenvalue weighted by atomic mass is 32.2. The Morgan fingerprint density at radius 2 is 1.46 bits per heavy atom. The summed E-state index contributed by atoms with van der Waals surface area (Å²) in [7, 11) is -3.54. The lowest BCUT2D eigenvalue weighted by molar-refractivity contribution is -0.117. The number of hydrogen-bond acceptors (Lipinski definition) is 3. The second-order valence-electron chi connectivity index (χ2n) is 7.85. The van der Waals surface area contributed by atoms with Crippen LogP contribution in [0.3, 0.4) is 0 Å². The van der Waals surface area contributed by atoms with Crippen molar-refractivity contribution < 1.29 is 13.2 Å². The number of benzene rings is 2. The lowest BCUT2D eigenvalue weighted by Gasteiger charge is -2.14. The van der Waals surface area contributed by atoms with E-state index in [1.54, 1.807) is 26.0 Å². The third-order valence-corrected chi connectivity index (χ3v) is 6.01. The number of carbonyl (C=O) groups excluding carboxylic acids is 1. The Bertz CT molecular complexity index is 886. The number of sulfonamides is 1. The standard InChI is InChI=1S/C22H30N2O3S/c1-15(2)14-18-6-8-19(9-7-18)17(5)22(25)23-20-10-12-21(13-11-20)28(26,27)24-16(3)4/h6-13,15-17,24H,14H2,1-5H3,(H,23,25). The van der Waals surface area contributed by atoms with Gasteiger partial charge in [0.15, 0.2) is 0 Å². The minimum atomic E-state index is -3.54. The summed E-state index contributed by atoms with van der Waals surface area (Å²) in [5.41, 5.74) is 2.78. The fourth-order valence-electron chi connectivity index (χ4n) is 2.91. The maximum Gasteiger partial charge on any atom is 0.240 e. The lowest BCUT2D eigenvalue weighted by atomic mass is 9.96. The third kappa shape index (κ3) is 6.17. The summed E-state index contributed by atoms with van der Waals surface area (Å²) in [4.78, 5) is 12.7. The molecule has 0 fully saturated rings. The molecule has 2 aromatic rings. The molecule has 152 valence electrons. The van der Waals surface area contributed by atoms with Gasteiger partial charge in [-0.1, -0.05) is 38.1 Å². The fraction of sp³-hybridized carbons (Fsp3) is 0.409. The maximum absolute atomic E-state index is 12.6. The smallest absolute Gasteiger partial charge is 0.240 e. The van der Waals surface area contributed by atoms with Crippen LogP contribution < -0.4 is 10.0 Å². The van der Waals surface area contributed by atoms with Gasteiger partial charge in [0, 0.05) is 11.7 Å². The number of amides is 1. The van der Waals surface area contributed by atoms with Gasteiger partial charge in [-0.25, -0.2) is 13.1 Å². The molecule has 1 atom stereocenters. The quantitative estimate of drug-likeness (QED) is 0.691. The highest BCUT2D eigenvalue weighted by Crippen LogP contribution is 2.21. The van der Waals surface area contributed by atoms with Gasteiger partial charge >= 0.3 is 0 Å². The topological polar surface area (TPSA) is 75.3 Å². The Morgan fingerprint density at radius 3 is 1.96 bits per heavy atom. The van der Waals surface area contributed by atoms with Gasteiger partial charge in [0.2, 0.25) is 15.9 Å². The van der Waals surface area contributed by atoms with Gasteiger partial charge in [-0.15, -0.1) is 0 Å². The number of nitrogens with one attached hydrogen (secondary N) is 2. The van der Waals surface area contributed by atoms with E-state index in [0.717, 1.165) is 12.0 Å². The molecule has 28 heavy (non-hydrogen) atoms. The van der Waals surface area contributed by atoms with Crippen molar-refractivity contribution in [2.75, 3.05) is 5.32 Å². The normalized spacial score (nSPS) is 13.0. The van der Waals surface area contributed by atoms with Crippen LogP contribution in [0.25, 0.3) is 0 Å². The van der Waals surface area contributed by atoms with Crippen molar-refractivity contribution in [2.24, 2.45) is 5.92 Å². The highest BCUT2D eigenvalue weighted by molar-refractivity contribution is 7.89. The van der Waals surface area contributed by atoms with Crippen LogP contribution in [0.1, 0.15) is 51.7 Å². The molecule has 0 spiro atoms. The molecule has 0 aromatic heterocycles. The number of rotatable bonds is 8. The Morgan fingerprint density at radius 1 is 0.893 bits per heavy atom. The van der Waals surface area contributed by atoms with Gasteiger partial charge in [-0.2, -0.15) is 0 Å². The Balaban J connectivity index is 2.04. The first kappa shape index (κ1) is 22.1. The van der Waals surface area contributed by atoms with Gasteiger partial charge < -0.3 is 5.32 Å². The molecule has 2 aromatic carbocycles. The SMILES string of the molecule is CC(C)Cc1ccc(C(C)C(=O)Nc2ccc(S(=O)(=O)NC(C)C)cc2)cc1. The monoisotopic (exact) mass is 402 g/mol. The average molecular weight is 403 g/mol. The minimum absolute atomic E-state index is 0.132. The summed E-state index contributed by atoms with van der Waals surface area (Å²) >= 11 is 0. The fourth-order valence-corrected chi connectivity index (χ4v) is 4.16. The molecule has 2 N–H and O–H groups in total. The summed E-state index contributed by atoms with van der Waals surface area (Å²) in [6.07, 6.45) is 1.02. The first-order valence-corrected chi connectivity index (χ1v) is 11.1. The largest absolute Gasteiger partial charge is 0.326 e. The minimum Gasteiger partial charge on any atom is -0.326 e. The van der Waals surface area contributed by atoms with Crippen LogP contribution >= 0.6 is 0 Å². The van der Waals surface area contributed by atoms with Gasteiger partial charge in [0.25, 0.3) is 0 Å². The van der Waals surface area contributed by atoms with Crippen molar-refractivity contribution in [2.45, 2.75) is 57.9 Å². The summed E-state index contributed by atoms with van der Waals surface area (Å²) in [6, 6.07) is 14.1. The van der Waals surface area contributed by atoms with Crippen LogP contribution in [0.15, 0.2) is 53.4 Å². The number of carbonyl (C=O) groups is 1. The Labute approximate surface area is 168 Å². The van der Waals surface area contributed by atoms with Crippen LogP contribution in [0, 0.1) is 5.92 Å². The predicted octanol–water partition coefficient (Wildman–Crippen LogP) is 4.31. The molecule has 0 saturated carbocycles. The molecule has 5 nitrogen and oxygen atoms in total. The lowest BCUT2D eigenvalue weighted by Crippen LogP contribution is -2.30. The van der Waals surface area contributed by atoms with Crippen LogP contribution in [-0.4, -0.2) is 20.4 Å². The van der Waals surface area contributed by atoms with E-state index in [4.69, 9.17) is 0 Å². The molecule has 0 aliphatic rings. The van der Waals surface area contributed by atoms with E-state index in [-0.39, 0.29) is 22.8 Å². The van der Waals surface area contributed by atoms with E-state index < -0.39 is 10.0 Å². The van der Waals surface area contributed by atoms with Crippen molar-refractivity contribution in [3.05, 3.63) is 59.7 Å². The van der Waals surface area contributed by atoms with E-state index in [1.165, 1.54) is 17.7 Å². The second kappa shape index (κ2) is 9.34. The molecule has 0 saturated heterocycles. The van der Waals surface area contributed by atoms with Gasteiger partial charge in [0.1, 0.15) is 0 Å². The molecule has 0 bridgehead atoms. The van der Waals surface area contributed by atoms with Crippen LogP contribution in [0.2, 0.25) is 0 Å². The van der Waals surface area contributed by atoms with E-state index in [1.807, 2.05) is 19.1 Å². The van der Waals surface area contributed by atoms with Crippen molar-refractivity contribution in [3.63, 3.8) is 0 Å². The van der Waals surface area contributed by atoms with E-state index in [2.05, 4.69) is 36.0 Å². The molecule has 2 rings (SSSR count). The predicted molar refractivity (Wildman–Crippen MR) is 114 cm³/mol. The van der Waals surface area contributed by atoms with E-state index >= 15 is 0 Å². The molecule has 0 aliphatic carbocycles. The van der Waals surface area contributed by atoms with Gasteiger partial charge in [0.05, 0.1) is 10.8 Å². The zero-order chi connectivity index (χ0) is 20.9. The molecule has 1 unspecified atom stereocenters. The molecule has 0 aliphatic heterocycles. The zero-order valence-corrected chi connectivity index (χ0v) is 18.0. The van der Waals surface area contributed by atoms with Crippen LogP contribution in [0.5, 0.6) is 0 Å². The van der Waals surface area contributed by atoms with Gasteiger partial charge in [-0.3, -0.25) is 4.79 Å². The van der Waals surface area contributed by atoms with Crippen molar-refractivity contribution in [1.82, 2.24) is 4.72 Å². The zero-order valence-electron chi connectivity index (χ0n) is 17.2. The molecular weight excluding hydrogens is 372 g/mol. The van der Waals surface area contributed by atoms with Crippen molar-refractivity contribution in [3.8, 4) is 0 Å². The summed E-state index contributed by atoms with van der Waals surface area (Å²) < 4.78 is 26.9. The van der Waals surface area contributed by atoms with Crippen molar-refractivity contribution in [1.29, 1.82) is 0 Å². The molecule has 0 heterocycles. The number of hydrogen-bond donors (Lipinski definition) is 2. The summed E-state index contributed by atoms with van der Waals surface area (Å²) in [5.74, 6) is 0.153. The van der Waals surface area contributed by atoms with Gasteiger partial charge in [-0.05, 0) is 68.5 Å². The van der Waals surface area contributed by atoms with Crippen LogP contribution in [-0.2, 0) is 21.2 Å². The number of anilines is 1. The second-order valence-corrected chi connectivity index (χ2v) is 9.56. The van der Waals surface area contributed by atoms with E-state index in [9.17, 15) is 13.2 Å². The Hall–Kier alpha value is -2.18.